The average Bonchev–Trinajstić information content (AvgIpc) is 3.10. The molecule has 0 unspecified atom stereocenters. The molecular weight excluding hydrogens is 451 g/mol. The van der Waals surface area contributed by atoms with E-state index in [4.69, 9.17) is 4.74 Å². The molecule has 0 radical (unpaired) electrons. The van der Waals surface area contributed by atoms with E-state index in [-0.39, 0.29) is 11.6 Å². The summed E-state index contributed by atoms with van der Waals surface area (Å²) in [6.07, 6.45) is 3.70. The molecule has 188 valence electrons. The molecule has 5 rings (SSSR count). The van der Waals surface area contributed by atoms with Gasteiger partial charge in [0.25, 0.3) is 0 Å². The summed E-state index contributed by atoms with van der Waals surface area (Å²) in [5.41, 5.74) is 4.20. The van der Waals surface area contributed by atoms with E-state index in [0.29, 0.717) is 18.9 Å². The Balaban J connectivity index is 1.12. The lowest BCUT2D eigenvalue weighted by atomic mass is 9.90. The normalized spacial score (nSPS) is 17.2. The molecule has 1 saturated heterocycles. The van der Waals surface area contributed by atoms with Gasteiger partial charge < -0.3 is 4.74 Å². The number of hydrogen-bond donors (Lipinski definition) is 0. The summed E-state index contributed by atoms with van der Waals surface area (Å²) >= 11 is 0. The first-order valence-corrected chi connectivity index (χ1v) is 13.1. The van der Waals surface area contributed by atoms with Crippen molar-refractivity contribution in [2.45, 2.75) is 45.3 Å². The molecule has 1 fully saturated rings. The fraction of sp³-hybridized carbons (Fsp3) is 0.387. The van der Waals surface area contributed by atoms with Gasteiger partial charge in [-0.15, -0.1) is 0 Å². The molecule has 0 bridgehead atoms. The third kappa shape index (κ3) is 6.59. The zero-order chi connectivity index (χ0) is 24.7. The predicted octanol–water partition coefficient (Wildman–Crippen LogP) is 6.10. The van der Waals surface area contributed by atoms with Gasteiger partial charge in [-0.2, -0.15) is 0 Å². The van der Waals surface area contributed by atoms with Crippen LogP contribution in [-0.2, 0) is 19.6 Å². The number of ketones is 1. The topological polar surface area (TPSA) is 32.8 Å². The molecule has 3 aromatic rings. The van der Waals surface area contributed by atoms with Gasteiger partial charge in [-0.05, 0) is 79.7 Å². The van der Waals surface area contributed by atoms with Crippen molar-refractivity contribution in [3.05, 3.63) is 101 Å². The number of carbonyl (C=O) groups excluding carboxylic acids is 1. The molecule has 3 aromatic carbocycles. The lowest BCUT2D eigenvalue weighted by Gasteiger charge is -2.32. The molecule has 0 N–H and O–H groups in total. The maximum atomic E-state index is 13.5. The molecule has 0 aliphatic carbocycles. The first-order chi connectivity index (χ1) is 17.6. The van der Waals surface area contributed by atoms with E-state index < -0.39 is 0 Å². The minimum Gasteiger partial charge on any atom is -0.492 e. The Labute approximate surface area is 213 Å². The van der Waals surface area contributed by atoms with Crippen LogP contribution in [0.3, 0.4) is 0 Å². The second kappa shape index (κ2) is 11.8. The molecule has 0 amide bonds. The second-order valence-electron chi connectivity index (χ2n) is 10.2. The van der Waals surface area contributed by atoms with Crippen molar-refractivity contribution in [1.29, 1.82) is 0 Å². The number of benzene rings is 3. The number of carbonyl (C=O) groups is 1. The minimum absolute atomic E-state index is 0.172. The number of rotatable bonds is 8. The molecule has 0 spiro atoms. The number of likely N-dealkylation sites (tertiary alicyclic amines) is 1. The van der Waals surface area contributed by atoms with Crippen molar-refractivity contribution >= 4 is 5.78 Å². The highest BCUT2D eigenvalue weighted by atomic mass is 19.1. The quantitative estimate of drug-likeness (QED) is 0.361. The number of halogens is 1. The molecule has 5 heteroatoms. The number of nitrogens with zero attached hydrogens (tertiary/aromatic N) is 2. The molecule has 2 heterocycles. The van der Waals surface area contributed by atoms with Crippen LogP contribution in [0.15, 0.2) is 72.8 Å². The van der Waals surface area contributed by atoms with Crippen molar-refractivity contribution < 1.29 is 13.9 Å². The summed E-state index contributed by atoms with van der Waals surface area (Å²) < 4.78 is 19.4. The van der Waals surface area contributed by atoms with Gasteiger partial charge in [0.1, 0.15) is 18.2 Å². The van der Waals surface area contributed by atoms with E-state index in [0.717, 1.165) is 81.0 Å². The van der Waals surface area contributed by atoms with E-state index in [1.807, 2.05) is 30.3 Å². The number of Topliss-reactive ketones (excluding diaryl/α,β-unsaturated/α-hetero) is 1. The largest absolute Gasteiger partial charge is 0.492 e. The third-order valence-electron chi connectivity index (χ3n) is 7.47. The van der Waals surface area contributed by atoms with E-state index >= 15 is 0 Å². The second-order valence-corrected chi connectivity index (χ2v) is 10.2. The van der Waals surface area contributed by atoms with E-state index in [9.17, 15) is 9.18 Å². The van der Waals surface area contributed by atoms with E-state index in [1.54, 1.807) is 12.1 Å². The van der Waals surface area contributed by atoms with Gasteiger partial charge in [-0.25, -0.2) is 4.39 Å². The van der Waals surface area contributed by atoms with Gasteiger partial charge in [-0.3, -0.25) is 14.6 Å². The lowest BCUT2D eigenvalue weighted by Crippen LogP contribution is -2.33. The Morgan fingerprint density at radius 1 is 0.861 bits per heavy atom. The maximum Gasteiger partial charge on any atom is 0.162 e. The summed E-state index contributed by atoms with van der Waals surface area (Å²) in [6, 6.07) is 23.3. The molecule has 0 saturated carbocycles. The Kier molecular flexibility index (Phi) is 8.09. The Morgan fingerprint density at radius 3 is 2.44 bits per heavy atom. The number of hydrogen-bond acceptors (Lipinski definition) is 4. The summed E-state index contributed by atoms with van der Waals surface area (Å²) in [7, 11) is 0. The molecule has 4 nitrogen and oxygen atoms in total. The van der Waals surface area contributed by atoms with Gasteiger partial charge in [0.2, 0.25) is 0 Å². The summed E-state index contributed by atoms with van der Waals surface area (Å²) in [5, 5.41) is 0. The third-order valence-corrected chi connectivity index (χ3v) is 7.47. The van der Waals surface area contributed by atoms with E-state index in [1.165, 1.54) is 11.6 Å². The molecule has 0 atom stereocenters. The van der Waals surface area contributed by atoms with Gasteiger partial charge in [0.15, 0.2) is 5.78 Å². The summed E-state index contributed by atoms with van der Waals surface area (Å²) in [4.78, 5) is 17.8. The Hall–Kier alpha value is -3.02. The van der Waals surface area contributed by atoms with Crippen LogP contribution in [0.2, 0.25) is 0 Å². The van der Waals surface area contributed by atoms with Crippen LogP contribution < -0.4 is 4.74 Å². The van der Waals surface area contributed by atoms with Crippen molar-refractivity contribution in [3.8, 4) is 5.75 Å². The fourth-order valence-corrected chi connectivity index (χ4v) is 5.40. The first-order valence-electron chi connectivity index (χ1n) is 13.1. The maximum absolute atomic E-state index is 13.5. The number of piperidine rings is 1. The van der Waals surface area contributed by atoms with E-state index in [2.05, 4.69) is 34.1 Å². The summed E-state index contributed by atoms with van der Waals surface area (Å²) in [6.45, 7) is 5.98. The van der Waals surface area contributed by atoms with Crippen LogP contribution in [0.5, 0.6) is 5.75 Å². The van der Waals surface area contributed by atoms with Crippen molar-refractivity contribution in [1.82, 2.24) is 9.80 Å². The first kappa shape index (κ1) is 24.7. The van der Waals surface area contributed by atoms with Crippen molar-refractivity contribution in [3.63, 3.8) is 0 Å². The smallest absolute Gasteiger partial charge is 0.162 e. The molecule has 2 aliphatic rings. The number of fused-ring (bicyclic) bond motifs is 1. The number of ether oxygens (including phenoxy) is 1. The van der Waals surface area contributed by atoms with Crippen LogP contribution in [0.1, 0.15) is 52.7 Å². The van der Waals surface area contributed by atoms with Gasteiger partial charge in [0, 0.05) is 43.7 Å². The summed E-state index contributed by atoms with van der Waals surface area (Å²) in [5.74, 6) is 1.52. The molecule has 0 aromatic heterocycles. The SMILES string of the molecule is O=C(CCC1CCN(Cc2cccc(F)c2)CC1)c1ccc2c(c1)CN(Cc1ccccc1)CCO2. The minimum atomic E-state index is -0.172. The zero-order valence-corrected chi connectivity index (χ0v) is 20.9. The van der Waals surface area contributed by atoms with Gasteiger partial charge in [-0.1, -0.05) is 42.5 Å². The van der Waals surface area contributed by atoms with Gasteiger partial charge in [0.05, 0.1) is 0 Å². The van der Waals surface area contributed by atoms with Crippen molar-refractivity contribution in [2.75, 3.05) is 26.2 Å². The fourth-order valence-electron chi connectivity index (χ4n) is 5.40. The molecule has 36 heavy (non-hydrogen) atoms. The Bertz CT molecular complexity index is 1160. The van der Waals surface area contributed by atoms with Crippen LogP contribution in [0, 0.1) is 11.7 Å². The monoisotopic (exact) mass is 486 g/mol. The lowest BCUT2D eigenvalue weighted by molar-refractivity contribution is 0.0961. The average molecular weight is 487 g/mol. The standard InChI is InChI=1S/C31H35FN2O2/c32-29-8-4-7-26(19-29)22-33-15-13-24(14-16-33)9-11-30(35)27-10-12-31-28(20-27)23-34(17-18-36-31)21-25-5-2-1-3-6-25/h1-8,10,12,19-20,24H,9,11,13-18,21-23H2. The Morgan fingerprint density at radius 2 is 1.64 bits per heavy atom. The van der Waals surface area contributed by atoms with Crippen LogP contribution >= 0.6 is 0 Å². The molecule has 2 aliphatic heterocycles. The van der Waals surface area contributed by atoms with Crippen LogP contribution in [0.25, 0.3) is 0 Å². The van der Waals surface area contributed by atoms with Crippen LogP contribution in [0.4, 0.5) is 4.39 Å². The van der Waals surface area contributed by atoms with Crippen molar-refractivity contribution in [2.24, 2.45) is 5.92 Å². The molecular formula is C31H35FN2O2. The highest BCUT2D eigenvalue weighted by Gasteiger charge is 2.22. The van der Waals surface area contributed by atoms with Gasteiger partial charge >= 0.3 is 0 Å². The predicted molar refractivity (Wildman–Crippen MR) is 140 cm³/mol. The zero-order valence-electron chi connectivity index (χ0n) is 20.9. The van der Waals surface area contributed by atoms with Crippen LogP contribution in [-0.4, -0.2) is 41.8 Å². The highest BCUT2D eigenvalue weighted by Crippen LogP contribution is 2.28. The highest BCUT2D eigenvalue weighted by molar-refractivity contribution is 5.96.